The van der Waals surface area contributed by atoms with Gasteiger partial charge >= 0.3 is 0 Å². The van der Waals surface area contributed by atoms with E-state index >= 15 is 0 Å². The van der Waals surface area contributed by atoms with Crippen LogP contribution in [0.5, 0.6) is 0 Å². The molecule has 0 saturated heterocycles. The summed E-state index contributed by atoms with van der Waals surface area (Å²) in [5.41, 5.74) is 2.04. The molecule has 120 valence electrons. The highest BCUT2D eigenvalue weighted by atomic mass is 16.2. The number of fused-ring (bicyclic) bond motifs is 1. The van der Waals surface area contributed by atoms with Crippen LogP contribution in [-0.2, 0) is 4.79 Å². The Morgan fingerprint density at radius 2 is 1.79 bits per heavy atom. The van der Waals surface area contributed by atoms with E-state index in [1.54, 1.807) is 31.4 Å². The number of nitrogens with one attached hydrogen (secondary N) is 2. The third kappa shape index (κ3) is 3.25. The minimum absolute atomic E-state index is 0.267. The summed E-state index contributed by atoms with van der Waals surface area (Å²) in [6, 6.07) is 17.4. The molecule has 1 heterocycles. The van der Waals surface area contributed by atoms with E-state index < -0.39 is 6.04 Å². The molecule has 0 fully saturated rings. The highest BCUT2D eigenvalue weighted by Crippen LogP contribution is 2.16. The van der Waals surface area contributed by atoms with Gasteiger partial charge in [0.2, 0.25) is 5.91 Å². The molecule has 2 N–H and O–H groups in total. The Morgan fingerprint density at radius 1 is 1.00 bits per heavy atom. The average Bonchev–Trinajstić information content (AvgIpc) is 2.65. The summed E-state index contributed by atoms with van der Waals surface area (Å²) in [6.07, 6.45) is 1.71. The van der Waals surface area contributed by atoms with Crippen molar-refractivity contribution in [2.45, 2.75) is 6.04 Å². The Balaban J connectivity index is 1.88. The van der Waals surface area contributed by atoms with E-state index in [2.05, 4.69) is 15.6 Å². The summed E-state index contributed by atoms with van der Waals surface area (Å²) in [4.78, 5) is 29.0. The number of carbonyl (C=O) groups is 2. The molecule has 1 aromatic heterocycles. The molecule has 1 atom stereocenters. The van der Waals surface area contributed by atoms with Crippen LogP contribution in [-0.4, -0.2) is 23.8 Å². The van der Waals surface area contributed by atoms with Crippen molar-refractivity contribution in [1.82, 2.24) is 15.6 Å². The standard InChI is InChI=1S/C19H17N3O2/c1-20-19(24)17(13-6-3-2-4-7-13)22-18(23)15-9-10-16-14(12-15)8-5-11-21-16/h2-12,17H,1H3,(H,20,24)(H,22,23). The van der Waals surface area contributed by atoms with E-state index in [1.165, 1.54) is 0 Å². The van der Waals surface area contributed by atoms with Gasteiger partial charge in [-0.2, -0.15) is 0 Å². The van der Waals surface area contributed by atoms with Crippen LogP contribution in [0.4, 0.5) is 0 Å². The molecule has 0 aliphatic carbocycles. The predicted octanol–water partition coefficient (Wildman–Crippen LogP) is 2.45. The summed E-state index contributed by atoms with van der Waals surface area (Å²) in [7, 11) is 1.55. The molecular formula is C19H17N3O2. The average molecular weight is 319 g/mol. The Morgan fingerprint density at radius 3 is 2.54 bits per heavy atom. The maximum Gasteiger partial charge on any atom is 0.252 e. The Hall–Kier alpha value is -3.21. The van der Waals surface area contributed by atoms with E-state index in [-0.39, 0.29) is 11.8 Å². The molecule has 24 heavy (non-hydrogen) atoms. The number of pyridine rings is 1. The lowest BCUT2D eigenvalue weighted by Gasteiger charge is -2.18. The number of benzene rings is 2. The van der Waals surface area contributed by atoms with Crippen LogP contribution >= 0.6 is 0 Å². The van der Waals surface area contributed by atoms with Gasteiger partial charge in [-0.3, -0.25) is 14.6 Å². The number of hydrogen-bond acceptors (Lipinski definition) is 3. The van der Waals surface area contributed by atoms with Gasteiger partial charge in [-0.15, -0.1) is 0 Å². The first-order valence-electron chi connectivity index (χ1n) is 7.61. The lowest BCUT2D eigenvalue weighted by Crippen LogP contribution is -2.39. The van der Waals surface area contributed by atoms with Crippen LogP contribution in [0.2, 0.25) is 0 Å². The largest absolute Gasteiger partial charge is 0.357 e. The summed E-state index contributed by atoms with van der Waals surface area (Å²) in [5.74, 6) is -0.574. The summed E-state index contributed by atoms with van der Waals surface area (Å²) < 4.78 is 0. The smallest absolute Gasteiger partial charge is 0.252 e. The highest BCUT2D eigenvalue weighted by Gasteiger charge is 2.22. The number of likely N-dealkylation sites (N-methyl/N-ethyl adjacent to an activating group) is 1. The van der Waals surface area contributed by atoms with Gasteiger partial charge in [-0.25, -0.2) is 0 Å². The molecule has 0 spiro atoms. The number of aromatic nitrogens is 1. The van der Waals surface area contributed by atoms with Gasteiger partial charge in [0.1, 0.15) is 6.04 Å². The number of rotatable bonds is 4. The minimum atomic E-state index is -0.742. The molecule has 0 bridgehead atoms. The normalized spacial score (nSPS) is 11.7. The SMILES string of the molecule is CNC(=O)C(NC(=O)c1ccc2ncccc2c1)c1ccccc1. The summed E-state index contributed by atoms with van der Waals surface area (Å²) in [5, 5.41) is 6.26. The first-order chi connectivity index (χ1) is 11.7. The molecule has 0 aliphatic rings. The third-order valence-electron chi connectivity index (χ3n) is 3.78. The topological polar surface area (TPSA) is 71.1 Å². The van der Waals surface area contributed by atoms with Crippen LogP contribution < -0.4 is 10.6 Å². The van der Waals surface area contributed by atoms with E-state index in [0.29, 0.717) is 5.56 Å². The number of nitrogens with zero attached hydrogens (tertiary/aromatic N) is 1. The predicted molar refractivity (Wildman–Crippen MR) is 92.5 cm³/mol. The summed E-state index contributed by atoms with van der Waals surface area (Å²) >= 11 is 0. The van der Waals surface area contributed by atoms with Gasteiger partial charge in [0.05, 0.1) is 5.52 Å². The second-order valence-electron chi connectivity index (χ2n) is 5.34. The van der Waals surface area contributed by atoms with E-state index in [4.69, 9.17) is 0 Å². The fourth-order valence-electron chi connectivity index (χ4n) is 2.52. The lowest BCUT2D eigenvalue weighted by atomic mass is 10.0. The van der Waals surface area contributed by atoms with Crippen molar-refractivity contribution < 1.29 is 9.59 Å². The molecule has 5 nitrogen and oxygen atoms in total. The van der Waals surface area contributed by atoms with Crippen LogP contribution in [0.3, 0.4) is 0 Å². The fourth-order valence-corrected chi connectivity index (χ4v) is 2.52. The minimum Gasteiger partial charge on any atom is -0.357 e. The molecule has 1 unspecified atom stereocenters. The molecule has 2 amide bonds. The molecule has 2 aromatic carbocycles. The van der Waals surface area contributed by atoms with Crippen molar-refractivity contribution >= 4 is 22.7 Å². The fraction of sp³-hybridized carbons (Fsp3) is 0.105. The highest BCUT2D eigenvalue weighted by molar-refractivity contribution is 6.00. The van der Waals surface area contributed by atoms with Crippen molar-refractivity contribution in [3.8, 4) is 0 Å². The first-order valence-corrected chi connectivity index (χ1v) is 7.61. The molecule has 0 radical (unpaired) electrons. The molecule has 0 aliphatic heterocycles. The molecule has 5 heteroatoms. The number of carbonyl (C=O) groups excluding carboxylic acids is 2. The first kappa shape index (κ1) is 15.7. The van der Waals surface area contributed by atoms with Crippen LogP contribution in [0.15, 0.2) is 66.9 Å². The van der Waals surface area contributed by atoms with Crippen LogP contribution in [0.25, 0.3) is 10.9 Å². The maximum absolute atomic E-state index is 12.6. The number of amides is 2. The lowest BCUT2D eigenvalue weighted by molar-refractivity contribution is -0.122. The zero-order valence-corrected chi connectivity index (χ0v) is 13.2. The van der Waals surface area contributed by atoms with E-state index in [1.807, 2.05) is 42.5 Å². The van der Waals surface area contributed by atoms with Crippen molar-refractivity contribution in [3.63, 3.8) is 0 Å². The van der Waals surface area contributed by atoms with Crippen LogP contribution in [0.1, 0.15) is 22.0 Å². The Labute approximate surface area is 139 Å². The number of hydrogen-bond donors (Lipinski definition) is 2. The van der Waals surface area contributed by atoms with Gasteiger partial charge in [0.15, 0.2) is 0 Å². The maximum atomic E-state index is 12.6. The second kappa shape index (κ2) is 6.91. The van der Waals surface area contributed by atoms with Crippen molar-refractivity contribution in [3.05, 3.63) is 78.0 Å². The van der Waals surface area contributed by atoms with Crippen LogP contribution in [0, 0.1) is 0 Å². The Bertz CT molecular complexity index is 878. The van der Waals surface area contributed by atoms with Gasteiger partial charge in [-0.1, -0.05) is 36.4 Å². The zero-order chi connectivity index (χ0) is 16.9. The Kier molecular flexibility index (Phi) is 4.52. The van der Waals surface area contributed by atoms with Gasteiger partial charge < -0.3 is 10.6 Å². The van der Waals surface area contributed by atoms with E-state index in [9.17, 15) is 9.59 Å². The van der Waals surface area contributed by atoms with Gasteiger partial charge in [0, 0.05) is 24.2 Å². The van der Waals surface area contributed by atoms with Crippen molar-refractivity contribution in [1.29, 1.82) is 0 Å². The third-order valence-corrected chi connectivity index (χ3v) is 3.78. The zero-order valence-electron chi connectivity index (χ0n) is 13.2. The molecule has 3 aromatic rings. The summed E-state index contributed by atoms with van der Waals surface area (Å²) in [6.45, 7) is 0. The molecule has 0 saturated carbocycles. The quantitative estimate of drug-likeness (QED) is 0.776. The second-order valence-corrected chi connectivity index (χ2v) is 5.34. The molecular weight excluding hydrogens is 302 g/mol. The monoisotopic (exact) mass is 319 g/mol. The van der Waals surface area contributed by atoms with Crippen molar-refractivity contribution in [2.24, 2.45) is 0 Å². The van der Waals surface area contributed by atoms with Crippen molar-refractivity contribution in [2.75, 3.05) is 7.05 Å². The van der Waals surface area contributed by atoms with Gasteiger partial charge in [-0.05, 0) is 29.8 Å². The van der Waals surface area contributed by atoms with E-state index in [0.717, 1.165) is 16.5 Å². The van der Waals surface area contributed by atoms with Gasteiger partial charge in [0.25, 0.3) is 5.91 Å². The molecule has 3 rings (SSSR count).